The number of piperazine rings is 1. The Morgan fingerprint density at radius 1 is 1.35 bits per heavy atom. The number of hydrogen-bond donors (Lipinski definition) is 3. The van der Waals surface area contributed by atoms with Gasteiger partial charge in [0, 0.05) is 25.3 Å². The van der Waals surface area contributed by atoms with E-state index in [4.69, 9.17) is 0 Å². The van der Waals surface area contributed by atoms with Crippen LogP contribution in [0, 0.1) is 13.8 Å². The molecule has 0 saturated carbocycles. The number of carbonyl (C=O) groups excluding carboxylic acids is 1. The van der Waals surface area contributed by atoms with Gasteiger partial charge in [-0.15, -0.1) is 0 Å². The molecule has 1 unspecified atom stereocenters. The van der Waals surface area contributed by atoms with Crippen LogP contribution in [-0.4, -0.2) is 31.6 Å². The Balaban J connectivity index is 2.04. The summed E-state index contributed by atoms with van der Waals surface area (Å²) in [6.45, 7) is 6.53. The molecular weight excluding hydrogens is 214 g/mol. The van der Waals surface area contributed by atoms with Gasteiger partial charge in [0.25, 0.3) is 0 Å². The molecule has 92 valence electrons. The minimum Gasteiger partial charge on any atom is -0.324 e. The third-order valence-electron chi connectivity index (χ3n) is 3.22. The Morgan fingerprint density at radius 3 is 2.88 bits per heavy atom. The van der Waals surface area contributed by atoms with Crippen molar-refractivity contribution in [3.05, 3.63) is 29.3 Å². The predicted molar refractivity (Wildman–Crippen MR) is 69.2 cm³/mol. The minimum atomic E-state index is -0.135. The van der Waals surface area contributed by atoms with E-state index in [9.17, 15) is 4.79 Å². The SMILES string of the molecule is Cc1cccc(NC(=O)C2CNCCN2)c1C. The highest BCUT2D eigenvalue weighted by molar-refractivity contribution is 5.95. The molecule has 0 spiro atoms. The fraction of sp³-hybridized carbons (Fsp3) is 0.462. The van der Waals surface area contributed by atoms with Crippen molar-refractivity contribution in [1.29, 1.82) is 0 Å². The van der Waals surface area contributed by atoms with Crippen molar-refractivity contribution in [3.8, 4) is 0 Å². The van der Waals surface area contributed by atoms with Gasteiger partial charge in [-0.3, -0.25) is 4.79 Å². The van der Waals surface area contributed by atoms with Crippen molar-refractivity contribution >= 4 is 11.6 Å². The van der Waals surface area contributed by atoms with Crippen LogP contribution in [0.2, 0.25) is 0 Å². The zero-order chi connectivity index (χ0) is 12.3. The first kappa shape index (κ1) is 12.1. The van der Waals surface area contributed by atoms with E-state index in [0.717, 1.165) is 24.3 Å². The van der Waals surface area contributed by atoms with Crippen LogP contribution >= 0.6 is 0 Å². The van der Waals surface area contributed by atoms with Gasteiger partial charge < -0.3 is 16.0 Å². The van der Waals surface area contributed by atoms with Crippen molar-refractivity contribution in [2.75, 3.05) is 25.0 Å². The van der Waals surface area contributed by atoms with Gasteiger partial charge in [-0.25, -0.2) is 0 Å². The van der Waals surface area contributed by atoms with Crippen molar-refractivity contribution in [2.45, 2.75) is 19.9 Å². The zero-order valence-corrected chi connectivity index (χ0v) is 10.3. The first-order valence-corrected chi connectivity index (χ1v) is 5.99. The van der Waals surface area contributed by atoms with E-state index in [0.29, 0.717) is 6.54 Å². The monoisotopic (exact) mass is 233 g/mol. The summed E-state index contributed by atoms with van der Waals surface area (Å²) in [6.07, 6.45) is 0. The molecule has 1 saturated heterocycles. The first-order chi connectivity index (χ1) is 8.18. The van der Waals surface area contributed by atoms with Crippen molar-refractivity contribution in [3.63, 3.8) is 0 Å². The van der Waals surface area contributed by atoms with E-state index < -0.39 is 0 Å². The number of rotatable bonds is 2. The highest BCUT2D eigenvalue weighted by Crippen LogP contribution is 2.18. The second-order valence-electron chi connectivity index (χ2n) is 4.45. The number of aryl methyl sites for hydroxylation is 1. The molecule has 17 heavy (non-hydrogen) atoms. The van der Waals surface area contributed by atoms with E-state index in [1.165, 1.54) is 5.56 Å². The van der Waals surface area contributed by atoms with Crippen LogP contribution in [0.5, 0.6) is 0 Å². The van der Waals surface area contributed by atoms with Gasteiger partial charge in [0.15, 0.2) is 0 Å². The summed E-state index contributed by atoms with van der Waals surface area (Å²) < 4.78 is 0. The molecule has 1 amide bonds. The summed E-state index contributed by atoms with van der Waals surface area (Å²) >= 11 is 0. The summed E-state index contributed by atoms with van der Waals surface area (Å²) in [5.41, 5.74) is 3.23. The van der Waals surface area contributed by atoms with Crippen molar-refractivity contribution in [1.82, 2.24) is 10.6 Å². The quantitative estimate of drug-likeness (QED) is 0.708. The number of carbonyl (C=O) groups is 1. The largest absolute Gasteiger partial charge is 0.324 e. The van der Waals surface area contributed by atoms with E-state index in [2.05, 4.69) is 16.0 Å². The fourth-order valence-electron chi connectivity index (χ4n) is 1.95. The standard InChI is InChI=1S/C13H19N3O/c1-9-4-3-5-11(10(9)2)16-13(17)12-8-14-6-7-15-12/h3-5,12,14-15H,6-8H2,1-2H3,(H,16,17). The molecule has 1 heterocycles. The zero-order valence-electron chi connectivity index (χ0n) is 10.3. The lowest BCUT2D eigenvalue weighted by Crippen LogP contribution is -2.54. The minimum absolute atomic E-state index is 0.0332. The van der Waals surface area contributed by atoms with E-state index in [1.54, 1.807) is 0 Å². The smallest absolute Gasteiger partial charge is 0.242 e. The molecule has 1 aliphatic heterocycles. The van der Waals surface area contributed by atoms with Crippen LogP contribution in [0.25, 0.3) is 0 Å². The van der Waals surface area contributed by atoms with Gasteiger partial charge in [-0.2, -0.15) is 0 Å². The van der Waals surface area contributed by atoms with Crippen LogP contribution in [0.1, 0.15) is 11.1 Å². The molecule has 0 aromatic heterocycles. The Labute approximate surface area is 102 Å². The number of benzene rings is 1. The molecule has 0 bridgehead atoms. The normalized spacial score (nSPS) is 20.0. The average Bonchev–Trinajstić information content (AvgIpc) is 2.36. The van der Waals surface area contributed by atoms with Crippen LogP contribution < -0.4 is 16.0 Å². The third kappa shape index (κ3) is 2.84. The molecule has 0 radical (unpaired) electrons. The van der Waals surface area contributed by atoms with Crippen LogP contribution in [-0.2, 0) is 4.79 Å². The second-order valence-corrected chi connectivity index (χ2v) is 4.45. The molecule has 1 aromatic carbocycles. The highest BCUT2D eigenvalue weighted by Gasteiger charge is 2.20. The first-order valence-electron chi connectivity index (χ1n) is 5.99. The van der Waals surface area contributed by atoms with Gasteiger partial charge in [-0.1, -0.05) is 12.1 Å². The maximum atomic E-state index is 12.0. The fourth-order valence-corrected chi connectivity index (χ4v) is 1.95. The summed E-state index contributed by atoms with van der Waals surface area (Å²) in [4.78, 5) is 12.0. The number of hydrogen-bond acceptors (Lipinski definition) is 3. The molecular formula is C13H19N3O. The lowest BCUT2D eigenvalue weighted by molar-refractivity contribution is -0.118. The van der Waals surface area contributed by atoms with Gasteiger partial charge in [0.1, 0.15) is 0 Å². The average molecular weight is 233 g/mol. The van der Waals surface area contributed by atoms with E-state index in [-0.39, 0.29) is 11.9 Å². The number of anilines is 1. The Hall–Kier alpha value is -1.39. The van der Waals surface area contributed by atoms with Gasteiger partial charge >= 0.3 is 0 Å². The Morgan fingerprint density at radius 2 is 2.18 bits per heavy atom. The lowest BCUT2D eigenvalue weighted by Gasteiger charge is -2.24. The summed E-state index contributed by atoms with van der Waals surface area (Å²) in [5.74, 6) is 0.0332. The molecule has 4 heteroatoms. The van der Waals surface area contributed by atoms with Gasteiger partial charge in [-0.05, 0) is 31.0 Å². The molecule has 1 fully saturated rings. The summed E-state index contributed by atoms with van der Waals surface area (Å²) in [6, 6.07) is 5.82. The Bertz CT molecular complexity index is 411. The van der Waals surface area contributed by atoms with Crippen molar-refractivity contribution < 1.29 is 4.79 Å². The Kier molecular flexibility index (Phi) is 3.76. The number of amides is 1. The molecule has 2 rings (SSSR count). The van der Waals surface area contributed by atoms with Gasteiger partial charge in [0.2, 0.25) is 5.91 Å². The van der Waals surface area contributed by atoms with Crippen LogP contribution in [0.15, 0.2) is 18.2 Å². The van der Waals surface area contributed by atoms with Gasteiger partial charge in [0.05, 0.1) is 6.04 Å². The molecule has 3 N–H and O–H groups in total. The summed E-state index contributed by atoms with van der Waals surface area (Å²) in [7, 11) is 0. The van der Waals surface area contributed by atoms with Crippen molar-refractivity contribution in [2.24, 2.45) is 0 Å². The predicted octanol–water partition coefficient (Wildman–Crippen LogP) is 0.803. The van der Waals surface area contributed by atoms with Crippen LogP contribution in [0.4, 0.5) is 5.69 Å². The van der Waals surface area contributed by atoms with E-state index in [1.807, 2.05) is 32.0 Å². The maximum Gasteiger partial charge on any atom is 0.242 e. The lowest BCUT2D eigenvalue weighted by atomic mass is 10.1. The molecule has 1 atom stereocenters. The number of nitrogens with one attached hydrogen (secondary N) is 3. The topological polar surface area (TPSA) is 53.2 Å². The van der Waals surface area contributed by atoms with Crippen LogP contribution in [0.3, 0.4) is 0 Å². The maximum absolute atomic E-state index is 12.0. The molecule has 0 aliphatic carbocycles. The molecule has 4 nitrogen and oxygen atoms in total. The second kappa shape index (κ2) is 5.29. The third-order valence-corrected chi connectivity index (χ3v) is 3.22. The van der Waals surface area contributed by atoms with E-state index >= 15 is 0 Å². The highest BCUT2D eigenvalue weighted by atomic mass is 16.2. The summed E-state index contributed by atoms with van der Waals surface area (Å²) in [5, 5.41) is 9.38. The molecule has 1 aliphatic rings. The molecule has 1 aromatic rings.